The second kappa shape index (κ2) is 3.75. The summed E-state index contributed by atoms with van der Waals surface area (Å²) in [5.41, 5.74) is 5.94. The van der Waals surface area contributed by atoms with Crippen molar-refractivity contribution < 1.29 is 9.15 Å². The lowest BCUT2D eigenvalue weighted by Gasteiger charge is -2.29. The fraction of sp³-hybridized carbons (Fsp3) is 0.636. The lowest BCUT2D eigenvalue weighted by atomic mass is 9.78. The van der Waals surface area contributed by atoms with Crippen LogP contribution in [0.2, 0.25) is 0 Å². The fourth-order valence-corrected chi connectivity index (χ4v) is 2.15. The molecular weight excluding hydrogens is 178 g/mol. The minimum Gasteiger partial charge on any atom is -0.469 e. The molecule has 2 heterocycles. The summed E-state index contributed by atoms with van der Waals surface area (Å²) in [5, 5.41) is 0. The number of hydrogen-bond donors (Lipinski definition) is 1. The largest absolute Gasteiger partial charge is 0.469 e. The van der Waals surface area contributed by atoms with Crippen molar-refractivity contribution in [1.82, 2.24) is 0 Å². The molecule has 1 saturated heterocycles. The highest BCUT2D eigenvalue weighted by atomic mass is 16.5. The summed E-state index contributed by atoms with van der Waals surface area (Å²) >= 11 is 0. The lowest BCUT2D eigenvalue weighted by Crippen LogP contribution is -2.38. The van der Waals surface area contributed by atoms with Crippen LogP contribution in [0.5, 0.6) is 0 Å². The van der Waals surface area contributed by atoms with Crippen LogP contribution < -0.4 is 5.73 Å². The minimum absolute atomic E-state index is 0.0812. The molecule has 2 unspecified atom stereocenters. The van der Waals surface area contributed by atoms with Gasteiger partial charge in [-0.15, -0.1) is 0 Å². The van der Waals surface area contributed by atoms with Gasteiger partial charge in [0.05, 0.1) is 12.4 Å². The third kappa shape index (κ3) is 1.57. The van der Waals surface area contributed by atoms with Gasteiger partial charge >= 0.3 is 0 Å². The van der Waals surface area contributed by atoms with Gasteiger partial charge in [-0.3, -0.25) is 0 Å². The first-order valence-electron chi connectivity index (χ1n) is 5.11. The maximum Gasteiger partial charge on any atom is 0.104 e. The van der Waals surface area contributed by atoms with E-state index in [4.69, 9.17) is 14.9 Å². The number of furan rings is 1. The molecule has 2 N–H and O–H groups in total. The van der Waals surface area contributed by atoms with Crippen LogP contribution in [0.25, 0.3) is 0 Å². The van der Waals surface area contributed by atoms with Gasteiger partial charge in [-0.2, -0.15) is 0 Å². The molecule has 0 bridgehead atoms. The van der Waals surface area contributed by atoms with Crippen LogP contribution in [0.3, 0.4) is 0 Å². The van der Waals surface area contributed by atoms with Gasteiger partial charge in [-0.1, -0.05) is 0 Å². The molecule has 1 aromatic heterocycles. The maximum absolute atomic E-state index is 5.85. The van der Waals surface area contributed by atoms with Crippen molar-refractivity contribution in [3.8, 4) is 0 Å². The molecule has 1 aromatic rings. The molecule has 0 radical (unpaired) electrons. The quantitative estimate of drug-likeness (QED) is 0.796. The summed E-state index contributed by atoms with van der Waals surface area (Å²) in [6.45, 7) is 3.58. The minimum atomic E-state index is 0.0812. The highest BCUT2D eigenvalue weighted by molar-refractivity contribution is 5.05. The molecule has 1 aliphatic heterocycles. The zero-order valence-electron chi connectivity index (χ0n) is 8.53. The molecule has 78 valence electrons. The summed E-state index contributed by atoms with van der Waals surface area (Å²) in [7, 11) is 0. The van der Waals surface area contributed by atoms with Crippen LogP contribution in [0.1, 0.15) is 19.1 Å². The molecule has 2 atom stereocenters. The van der Waals surface area contributed by atoms with Gasteiger partial charge in [0, 0.05) is 25.0 Å². The Morgan fingerprint density at radius 2 is 2.50 bits per heavy atom. The average Bonchev–Trinajstić information content (AvgIpc) is 2.79. The fourth-order valence-electron chi connectivity index (χ4n) is 2.15. The highest BCUT2D eigenvalue weighted by Crippen LogP contribution is 2.37. The Bertz CT molecular complexity index is 283. The molecule has 2 rings (SSSR count). The van der Waals surface area contributed by atoms with Crippen LogP contribution in [-0.2, 0) is 11.2 Å². The van der Waals surface area contributed by atoms with Crippen molar-refractivity contribution in [2.45, 2.75) is 25.9 Å². The Kier molecular flexibility index (Phi) is 2.61. The second-order valence-corrected chi connectivity index (χ2v) is 4.09. The van der Waals surface area contributed by atoms with E-state index in [-0.39, 0.29) is 11.5 Å². The van der Waals surface area contributed by atoms with E-state index in [1.165, 1.54) is 0 Å². The number of nitrogens with two attached hydrogens (primary N) is 1. The van der Waals surface area contributed by atoms with Crippen molar-refractivity contribution >= 4 is 0 Å². The SMILES string of the molecule is CC1OCCC1(CN)Cc1ccco1. The summed E-state index contributed by atoms with van der Waals surface area (Å²) < 4.78 is 10.9. The Hall–Kier alpha value is -0.800. The molecule has 14 heavy (non-hydrogen) atoms. The van der Waals surface area contributed by atoms with E-state index in [9.17, 15) is 0 Å². The smallest absolute Gasteiger partial charge is 0.104 e. The lowest BCUT2D eigenvalue weighted by molar-refractivity contribution is 0.0648. The van der Waals surface area contributed by atoms with E-state index < -0.39 is 0 Å². The van der Waals surface area contributed by atoms with E-state index in [1.54, 1.807) is 6.26 Å². The van der Waals surface area contributed by atoms with Crippen molar-refractivity contribution in [3.05, 3.63) is 24.2 Å². The molecule has 1 fully saturated rings. The monoisotopic (exact) mass is 195 g/mol. The van der Waals surface area contributed by atoms with Gasteiger partial charge in [0.1, 0.15) is 5.76 Å². The first-order valence-corrected chi connectivity index (χ1v) is 5.11. The second-order valence-electron chi connectivity index (χ2n) is 4.09. The van der Waals surface area contributed by atoms with Gasteiger partial charge < -0.3 is 14.9 Å². The molecule has 3 nitrogen and oxygen atoms in total. The summed E-state index contributed by atoms with van der Waals surface area (Å²) in [5.74, 6) is 1.01. The molecular formula is C11H17NO2. The molecule has 3 heteroatoms. The molecule has 1 aliphatic rings. The topological polar surface area (TPSA) is 48.4 Å². The third-order valence-corrected chi connectivity index (χ3v) is 3.34. The Morgan fingerprint density at radius 1 is 1.64 bits per heavy atom. The van der Waals surface area contributed by atoms with Gasteiger partial charge in [-0.25, -0.2) is 0 Å². The van der Waals surface area contributed by atoms with Crippen molar-refractivity contribution in [2.75, 3.05) is 13.2 Å². The molecule has 0 spiro atoms. The van der Waals surface area contributed by atoms with Crippen LogP contribution in [0.15, 0.2) is 22.8 Å². The van der Waals surface area contributed by atoms with E-state index >= 15 is 0 Å². The van der Waals surface area contributed by atoms with Gasteiger partial charge in [0.25, 0.3) is 0 Å². The molecule has 0 saturated carbocycles. The van der Waals surface area contributed by atoms with Crippen molar-refractivity contribution in [3.63, 3.8) is 0 Å². The van der Waals surface area contributed by atoms with Crippen LogP contribution in [0.4, 0.5) is 0 Å². The molecule has 0 aromatic carbocycles. The number of rotatable bonds is 3. The first kappa shape index (κ1) is 9.74. The van der Waals surface area contributed by atoms with E-state index in [1.807, 2.05) is 12.1 Å². The van der Waals surface area contributed by atoms with Crippen molar-refractivity contribution in [1.29, 1.82) is 0 Å². The molecule has 0 amide bonds. The third-order valence-electron chi connectivity index (χ3n) is 3.34. The van der Waals surface area contributed by atoms with E-state index in [0.29, 0.717) is 6.54 Å². The Balaban J connectivity index is 2.13. The van der Waals surface area contributed by atoms with Gasteiger partial charge in [0.15, 0.2) is 0 Å². The van der Waals surface area contributed by atoms with Crippen LogP contribution >= 0.6 is 0 Å². The van der Waals surface area contributed by atoms with E-state index in [0.717, 1.165) is 25.2 Å². The summed E-state index contributed by atoms with van der Waals surface area (Å²) in [4.78, 5) is 0. The normalized spacial score (nSPS) is 32.3. The summed E-state index contributed by atoms with van der Waals surface area (Å²) in [6.07, 6.45) is 3.86. The number of ether oxygens (including phenoxy) is 1. The zero-order chi connectivity index (χ0) is 10.0. The highest BCUT2D eigenvalue weighted by Gasteiger charge is 2.40. The Labute approximate surface area is 84.2 Å². The zero-order valence-corrected chi connectivity index (χ0v) is 8.53. The predicted octanol–water partition coefficient (Wildman–Crippen LogP) is 1.58. The average molecular weight is 195 g/mol. The summed E-state index contributed by atoms with van der Waals surface area (Å²) in [6, 6.07) is 3.92. The van der Waals surface area contributed by atoms with Gasteiger partial charge in [0.2, 0.25) is 0 Å². The Morgan fingerprint density at radius 3 is 3.00 bits per heavy atom. The predicted molar refractivity (Wildman–Crippen MR) is 53.9 cm³/mol. The van der Waals surface area contributed by atoms with Crippen molar-refractivity contribution in [2.24, 2.45) is 11.1 Å². The van der Waals surface area contributed by atoms with Crippen LogP contribution in [-0.4, -0.2) is 19.3 Å². The number of hydrogen-bond acceptors (Lipinski definition) is 3. The first-order chi connectivity index (χ1) is 6.77. The van der Waals surface area contributed by atoms with Gasteiger partial charge in [-0.05, 0) is 25.5 Å². The van der Waals surface area contributed by atoms with E-state index in [2.05, 4.69) is 6.92 Å². The molecule has 0 aliphatic carbocycles. The standard InChI is InChI=1S/C11H17NO2/c1-9-11(8-12,4-6-13-9)7-10-3-2-5-14-10/h2-3,5,9H,4,6-8,12H2,1H3. The van der Waals surface area contributed by atoms with Crippen LogP contribution in [0, 0.1) is 5.41 Å². The maximum atomic E-state index is 5.85.